The molecule has 17 heavy (non-hydrogen) atoms. The molecule has 1 saturated heterocycles. The van der Waals surface area contributed by atoms with Gasteiger partial charge in [-0.15, -0.1) is 0 Å². The second-order valence-electron chi connectivity index (χ2n) is 3.55. The molecule has 0 aromatic rings. The molecular weight excluding hydrogens is 224 g/mol. The van der Waals surface area contributed by atoms with Crippen LogP contribution in [0.1, 0.15) is 12.8 Å². The Morgan fingerprint density at radius 2 is 1.94 bits per heavy atom. The van der Waals surface area contributed by atoms with Crippen LogP contribution in [0.5, 0.6) is 0 Å². The van der Waals surface area contributed by atoms with Crippen LogP contribution in [-0.2, 0) is 19.0 Å². The summed E-state index contributed by atoms with van der Waals surface area (Å²) in [5.74, 6) is 0.912. The Bertz CT molecular complexity index is 246. The lowest BCUT2D eigenvalue weighted by Gasteiger charge is -1.98. The third-order valence-electron chi connectivity index (χ3n) is 2.26. The van der Waals surface area contributed by atoms with Gasteiger partial charge in [-0.05, 0) is 0 Å². The van der Waals surface area contributed by atoms with Crippen molar-refractivity contribution in [2.24, 2.45) is 4.99 Å². The number of carbonyl (C=O) groups excluding carboxylic acids is 1. The van der Waals surface area contributed by atoms with Gasteiger partial charge in [0.15, 0.2) is 5.90 Å². The lowest BCUT2D eigenvalue weighted by molar-refractivity contribution is -0.120. The van der Waals surface area contributed by atoms with Gasteiger partial charge >= 0.3 is 0 Å². The minimum absolute atomic E-state index is 0.0995. The molecule has 1 amide bonds. The number of aliphatic imine (C=N–C) groups is 1. The maximum Gasteiger partial charge on any atom is 0.222 e. The van der Waals surface area contributed by atoms with Crippen molar-refractivity contribution in [2.75, 3.05) is 46.6 Å². The van der Waals surface area contributed by atoms with Crippen molar-refractivity contribution in [3.05, 3.63) is 0 Å². The summed E-state index contributed by atoms with van der Waals surface area (Å²) < 4.78 is 15.1. The van der Waals surface area contributed by atoms with Gasteiger partial charge in [-0.2, -0.15) is 0 Å². The van der Waals surface area contributed by atoms with Gasteiger partial charge in [-0.25, -0.2) is 0 Å². The quantitative estimate of drug-likeness (QED) is 0.650. The van der Waals surface area contributed by atoms with Gasteiger partial charge in [0.25, 0.3) is 0 Å². The third kappa shape index (κ3) is 6.91. The van der Waals surface area contributed by atoms with E-state index in [2.05, 4.69) is 10.3 Å². The van der Waals surface area contributed by atoms with Gasteiger partial charge in [-0.1, -0.05) is 0 Å². The van der Waals surface area contributed by atoms with Crippen LogP contribution < -0.4 is 5.32 Å². The van der Waals surface area contributed by atoms with Gasteiger partial charge in [0.1, 0.15) is 0 Å². The molecule has 0 radical (unpaired) electrons. The highest BCUT2D eigenvalue weighted by Crippen LogP contribution is 1.94. The van der Waals surface area contributed by atoms with Crippen LogP contribution in [0.3, 0.4) is 0 Å². The molecule has 1 N–H and O–H groups in total. The average Bonchev–Trinajstić information content (AvgIpc) is 2.73. The molecule has 1 fully saturated rings. The normalized spacial score (nSPS) is 21.0. The van der Waals surface area contributed by atoms with Crippen molar-refractivity contribution >= 4 is 11.8 Å². The number of amides is 1. The standard InChI is InChI=1S/C6H11NO2.C5H9NO2/c1-8-6-2-4-9-5-3-7-6;7-5-1-3-8-4-2-6-5/h2-5H2,1H3;1-4H2,(H,6,7). The second kappa shape index (κ2) is 8.95. The first-order chi connectivity index (χ1) is 8.33. The summed E-state index contributed by atoms with van der Waals surface area (Å²) in [4.78, 5) is 14.6. The van der Waals surface area contributed by atoms with E-state index in [4.69, 9.17) is 14.2 Å². The molecule has 98 valence electrons. The highest BCUT2D eigenvalue weighted by Gasteiger charge is 2.03. The molecule has 0 atom stereocenters. The average molecular weight is 244 g/mol. The molecule has 0 aliphatic carbocycles. The Morgan fingerprint density at radius 3 is 2.76 bits per heavy atom. The monoisotopic (exact) mass is 244 g/mol. The van der Waals surface area contributed by atoms with E-state index in [0.717, 1.165) is 32.1 Å². The lowest BCUT2D eigenvalue weighted by Crippen LogP contribution is -2.23. The van der Waals surface area contributed by atoms with Crippen molar-refractivity contribution in [3.8, 4) is 0 Å². The van der Waals surface area contributed by atoms with Crippen molar-refractivity contribution < 1.29 is 19.0 Å². The van der Waals surface area contributed by atoms with E-state index < -0.39 is 0 Å². The van der Waals surface area contributed by atoms with E-state index in [9.17, 15) is 4.79 Å². The first-order valence-corrected chi connectivity index (χ1v) is 5.82. The SMILES string of the molecule is COC1=NCCOCC1.O=C1CCOCCN1. The molecule has 6 nitrogen and oxygen atoms in total. The van der Waals surface area contributed by atoms with Crippen molar-refractivity contribution in [1.29, 1.82) is 0 Å². The van der Waals surface area contributed by atoms with Crippen LogP contribution in [0.4, 0.5) is 0 Å². The van der Waals surface area contributed by atoms with Crippen LogP contribution in [0.2, 0.25) is 0 Å². The molecule has 2 aliphatic rings. The summed E-state index contributed by atoms with van der Waals surface area (Å²) in [6.45, 7) is 4.11. The largest absolute Gasteiger partial charge is 0.484 e. The smallest absolute Gasteiger partial charge is 0.222 e. The number of hydrogen-bond acceptors (Lipinski definition) is 5. The van der Waals surface area contributed by atoms with E-state index in [1.54, 1.807) is 7.11 Å². The molecular formula is C11H20N2O4. The van der Waals surface area contributed by atoms with E-state index in [1.165, 1.54) is 0 Å². The Balaban J connectivity index is 0.000000171. The van der Waals surface area contributed by atoms with Crippen LogP contribution in [0.15, 0.2) is 4.99 Å². The fraction of sp³-hybridized carbons (Fsp3) is 0.818. The summed E-state index contributed by atoms with van der Waals surface area (Å²) in [6, 6.07) is 0. The van der Waals surface area contributed by atoms with E-state index in [1.807, 2.05) is 0 Å². The number of ether oxygens (including phenoxy) is 3. The fourth-order valence-electron chi connectivity index (χ4n) is 1.36. The van der Waals surface area contributed by atoms with Gasteiger partial charge in [-0.3, -0.25) is 9.79 Å². The number of nitrogens with zero attached hydrogens (tertiary/aromatic N) is 1. The van der Waals surface area contributed by atoms with Gasteiger partial charge < -0.3 is 19.5 Å². The lowest BCUT2D eigenvalue weighted by atomic mass is 10.4. The van der Waals surface area contributed by atoms with Crippen LogP contribution >= 0.6 is 0 Å². The summed E-state index contributed by atoms with van der Waals surface area (Å²) in [7, 11) is 1.64. The van der Waals surface area contributed by atoms with E-state index in [0.29, 0.717) is 26.2 Å². The summed E-state index contributed by atoms with van der Waals surface area (Å²) in [5, 5.41) is 2.68. The fourth-order valence-corrected chi connectivity index (χ4v) is 1.36. The highest BCUT2D eigenvalue weighted by atomic mass is 16.5. The summed E-state index contributed by atoms with van der Waals surface area (Å²) >= 11 is 0. The number of nitrogens with one attached hydrogen (secondary N) is 1. The third-order valence-corrected chi connectivity index (χ3v) is 2.26. The molecule has 2 heterocycles. The zero-order valence-electron chi connectivity index (χ0n) is 10.2. The summed E-state index contributed by atoms with van der Waals surface area (Å²) in [6.07, 6.45) is 1.33. The topological polar surface area (TPSA) is 69.2 Å². The number of carbonyl (C=O) groups is 1. The maximum atomic E-state index is 10.5. The summed E-state index contributed by atoms with van der Waals surface area (Å²) in [5.41, 5.74) is 0. The van der Waals surface area contributed by atoms with Crippen molar-refractivity contribution in [3.63, 3.8) is 0 Å². The zero-order valence-corrected chi connectivity index (χ0v) is 10.2. The molecule has 0 saturated carbocycles. The minimum Gasteiger partial charge on any atom is -0.484 e. The Labute approximate surface area is 101 Å². The molecule has 0 aromatic heterocycles. The Kier molecular flexibility index (Phi) is 7.33. The molecule has 0 unspecified atom stereocenters. The van der Waals surface area contributed by atoms with Gasteiger partial charge in [0.05, 0.1) is 40.1 Å². The second-order valence-corrected chi connectivity index (χ2v) is 3.55. The van der Waals surface area contributed by atoms with Gasteiger partial charge in [0, 0.05) is 19.4 Å². The number of hydrogen-bond donors (Lipinski definition) is 1. The molecule has 0 spiro atoms. The van der Waals surface area contributed by atoms with Crippen LogP contribution in [-0.4, -0.2) is 58.4 Å². The first kappa shape index (κ1) is 13.9. The van der Waals surface area contributed by atoms with E-state index in [-0.39, 0.29) is 5.91 Å². The van der Waals surface area contributed by atoms with Crippen LogP contribution in [0, 0.1) is 0 Å². The molecule has 2 aliphatic heterocycles. The van der Waals surface area contributed by atoms with Crippen molar-refractivity contribution in [2.45, 2.75) is 12.8 Å². The maximum absolute atomic E-state index is 10.5. The molecule has 6 heteroatoms. The zero-order chi connectivity index (χ0) is 12.3. The number of methoxy groups -OCH3 is 1. The number of rotatable bonds is 0. The van der Waals surface area contributed by atoms with E-state index >= 15 is 0 Å². The molecule has 0 aromatic carbocycles. The highest BCUT2D eigenvalue weighted by molar-refractivity contribution is 5.76. The first-order valence-electron chi connectivity index (χ1n) is 5.82. The Hall–Kier alpha value is -1.14. The minimum atomic E-state index is 0.0995. The predicted octanol–water partition coefficient (Wildman–Crippen LogP) is -0.0255. The van der Waals surface area contributed by atoms with Crippen LogP contribution in [0.25, 0.3) is 0 Å². The Morgan fingerprint density at radius 1 is 1.18 bits per heavy atom. The van der Waals surface area contributed by atoms with Crippen molar-refractivity contribution in [1.82, 2.24) is 5.32 Å². The predicted molar refractivity (Wildman–Crippen MR) is 63.2 cm³/mol. The molecule has 2 rings (SSSR count). The van der Waals surface area contributed by atoms with Gasteiger partial charge in [0.2, 0.25) is 5.91 Å². The molecule has 0 bridgehead atoms.